The minimum Gasteiger partial charge on any atom is -0.383 e. The minimum absolute atomic E-state index is 0.0630. The van der Waals surface area contributed by atoms with Gasteiger partial charge in [-0.1, -0.05) is 0 Å². The van der Waals surface area contributed by atoms with Crippen LogP contribution in [0.25, 0.3) is 28.2 Å². The maximum atomic E-state index is 13.4. The standard InChI is InChI=1S/C19H16FN7O2S/c1-11(10-29-2)24-19(28)13-9-27(30-20)18-17(13)25-14(7-23-18)15-8-22-16-5-12(6-21)3-4-26(15)16/h3-5,7-9,11H,10H2,1-2H3,(H,24,28). The summed E-state index contributed by atoms with van der Waals surface area (Å²) in [5, 5.41) is 11.9. The average molecular weight is 425 g/mol. The molecule has 1 amide bonds. The topological polar surface area (TPSA) is 110 Å². The molecule has 152 valence electrons. The van der Waals surface area contributed by atoms with Crippen molar-refractivity contribution in [1.29, 1.82) is 5.26 Å². The number of nitriles is 1. The molecule has 0 aromatic carbocycles. The first kappa shape index (κ1) is 19.8. The number of nitrogens with one attached hydrogen (secondary N) is 1. The second-order valence-corrected chi connectivity index (χ2v) is 7.13. The van der Waals surface area contributed by atoms with Gasteiger partial charge in [0.05, 0.1) is 41.9 Å². The molecule has 0 saturated heterocycles. The molecule has 1 N–H and O–H groups in total. The molecular weight excluding hydrogens is 409 g/mol. The molecule has 4 rings (SSSR count). The molecule has 0 aliphatic rings. The molecule has 0 bridgehead atoms. The van der Waals surface area contributed by atoms with Gasteiger partial charge in [0, 0.05) is 25.5 Å². The Morgan fingerprint density at radius 3 is 3.00 bits per heavy atom. The van der Waals surface area contributed by atoms with Crippen LogP contribution in [0.3, 0.4) is 0 Å². The van der Waals surface area contributed by atoms with Gasteiger partial charge in [0.1, 0.15) is 16.9 Å². The van der Waals surface area contributed by atoms with Gasteiger partial charge in [-0.3, -0.25) is 9.20 Å². The molecule has 1 atom stereocenters. The lowest BCUT2D eigenvalue weighted by Gasteiger charge is -2.11. The molecule has 0 aliphatic heterocycles. The SMILES string of the molecule is COCC(C)NC(=O)c1cn(SF)c2ncc(-c3cnc4cc(C#N)ccn34)nc12. The van der Waals surface area contributed by atoms with Crippen molar-refractivity contribution in [2.45, 2.75) is 13.0 Å². The van der Waals surface area contributed by atoms with Gasteiger partial charge < -0.3 is 10.1 Å². The van der Waals surface area contributed by atoms with E-state index in [-0.39, 0.29) is 35.1 Å². The Morgan fingerprint density at radius 2 is 2.27 bits per heavy atom. The first-order chi connectivity index (χ1) is 14.5. The van der Waals surface area contributed by atoms with E-state index >= 15 is 0 Å². The van der Waals surface area contributed by atoms with Gasteiger partial charge in [0.15, 0.2) is 18.0 Å². The monoisotopic (exact) mass is 425 g/mol. The Labute approximate surface area is 174 Å². The number of hydrogen-bond acceptors (Lipinski definition) is 7. The van der Waals surface area contributed by atoms with E-state index in [9.17, 15) is 8.68 Å². The van der Waals surface area contributed by atoms with Gasteiger partial charge in [0.25, 0.3) is 5.91 Å². The third-order valence-corrected chi connectivity index (χ3v) is 4.91. The van der Waals surface area contributed by atoms with E-state index < -0.39 is 5.91 Å². The second-order valence-electron chi connectivity index (χ2n) is 6.59. The van der Waals surface area contributed by atoms with Crippen LogP contribution < -0.4 is 5.32 Å². The summed E-state index contributed by atoms with van der Waals surface area (Å²) in [4.78, 5) is 25.9. The molecule has 0 fully saturated rings. The zero-order valence-electron chi connectivity index (χ0n) is 16.0. The van der Waals surface area contributed by atoms with Crippen molar-refractivity contribution in [3.8, 4) is 17.5 Å². The number of ether oxygens (including phenoxy) is 1. The Balaban J connectivity index is 1.80. The molecule has 30 heavy (non-hydrogen) atoms. The summed E-state index contributed by atoms with van der Waals surface area (Å²) in [6, 6.07) is 5.16. The zero-order chi connectivity index (χ0) is 21.3. The predicted molar refractivity (Wildman–Crippen MR) is 109 cm³/mol. The highest BCUT2D eigenvalue weighted by atomic mass is 32.2. The van der Waals surface area contributed by atoms with E-state index in [2.05, 4.69) is 26.3 Å². The van der Waals surface area contributed by atoms with Crippen LogP contribution >= 0.6 is 12.3 Å². The highest BCUT2D eigenvalue weighted by molar-refractivity contribution is 7.92. The zero-order valence-corrected chi connectivity index (χ0v) is 16.9. The molecule has 4 aromatic rings. The predicted octanol–water partition coefficient (Wildman–Crippen LogP) is 2.76. The summed E-state index contributed by atoms with van der Waals surface area (Å²) >= 11 is -0.0630. The van der Waals surface area contributed by atoms with Crippen molar-refractivity contribution < 1.29 is 13.4 Å². The molecule has 0 radical (unpaired) electrons. The van der Waals surface area contributed by atoms with Gasteiger partial charge in [-0.15, -0.1) is 3.89 Å². The lowest BCUT2D eigenvalue weighted by Crippen LogP contribution is -2.35. The minimum atomic E-state index is -0.402. The van der Waals surface area contributed by atoms with Gasteiger partial charge >= 0.3 is 0 Å². The summed E-state index contributed by atoms with van der Waals surface area (Å²) in [6.45, 7) is 2.14. The summed E-state index contributed by atoms with van der Waals surface area (Å²) in [7, 11) is 1.54. The normalized spacial score (nSPS) is 12.2. The van der Waals surface area contributed by atoms with Gasteiger partial charge in [-0.25, -0.2) is 18.9 Å². The van der Waals surface area contributed by atoms with Crippen LogP contribution in [0, 0.1) is 11.3 Å². The van der Waals surface area contributed by atoms with Crippen LogP contribution in [-0.4, -0.2) is 49.0 Å². The van der Waals surface area contributed by atoms with Crippen molar-refractivity contribution in [2.24, 2.45) is 0 Å². The maximum absolute atomic E-state index is 13.4. The second kappa shape index (κ2) is 8.10. The smallest absolute Gasteiger partial charge is 0.255 e. The molecule has 0 spiro atoms. The Kier molecular flexibility index (Phi) is 5.35. The van der Waals surface area contributed by atoms with Crippen LogP contribution in [0.2, 0.25) is 0 Å². The fourth-order valence-electron chi connectivity index (χ4n) is 3.14. The average Bonchev–Trinajstić information content (AvgIpc) is 3.34. The van der Waals surface area contributed by atoms with E-state index in [1.165, 1.54) is 12.4 Å². The number of hydrogen-bond donors (Lipinski definition) is 1. The number of carbonyl (C=O) groups excluding carboxylic acids is 1. The van der Waals surface area contributed by atoms with Crippen molar-refractivity contribution in [3.63, 3.8) is 0 Å². The van der Waals surface area contributed by atoms with E-state index in [0.717, 1.165) is 3.97 Å². The lowest BCUT2D eigenvalue weighted by molar-refractivity contribution is 0.0907. The number of aromatic nitrogens is 5. The number of halogens is 1. The number of methoxy groups -OCH3 is 1. The fourth-order valence-corrected chi connectivity index (χ4v) is 3.48. The van der Waals surface area contributed by atoms with Crippen LogP contribution in [0.15, 0.2) is 36.9 Å². The number of rotatable bonds is 6. The summed E-state index contributed by atoms with van der Waals surface area (Å²) in [5.41, 5.74) is 2.85. The largest absolute Gasteiger partial charge is 0.383 e. The summed E-state index contributed by atoms with van der Waals surface area (Å²) < 4.78 is 21.3. The first-order valence-corrected chi connectivity index (χ1v) is 9.57. The Hall–Kier alpha value is -3.49. The van der Waals surface area contributed by atoms with Crippen molar-refractivity contribution in [2.75, 3.05) is 13.7 Å². The number of pyridine rings is 1. The molecule has 9 nitrogen and oxygen atoms in total. The van der Waals surface area contributed by atoms with Gasteiger partial charge in [-0.2, -0.15) is 5.26 Å². The molecule has 4 heterocycles. The molecule has 0 aliphatic carbocycles. The molecule has 1 unspecified atom stereocenters. The number of fused-ring (bicyclic) bond motifs is 2. The lowest BCUT2D eigenvalue weighted by atomic mass is 10.2. The van der Waals surface area contributed by atoms with Crippen molar-refractivity contribution >= 4 is 35.1 Å². The van der Waals surface area contributed by atoms with Crippen LogP contribution in [0.1, 0.15) is 22.8 Å². The highest BCUT2D eigenvalue weighted by Gasteiger charge is 2.21. The molecule has 11 heteroatoms. The van der Waals surface area contributed by atoms with E-state index in [4.69, 9.17) is 10.00 Å². The molecular formula is C19H16FN7O2S. The third-order valence-electron chi connectivity index (χ3n) is 4.48. The highest BCUT2D eigenvalue weighted by Crippen LogP contribution is 2.26. The van der Waals surface area contributed by atoms with Crippen LogP contribution in [0.4, 0.5) is 3.89 Å². The van der Waals surface area contributed by atoms with Crippen LogP contribution in [-0.2, 0) is 4.74 Å². The van der Waals surface area contributed by atoms with Crippen molar-refractivity contribution in [1.82, 2.24) is 28.6 Å². The fraction of sp³-hybridized carbons (Fsp3) is 0.211. The number of imidazole rings is 1. The first-order valence-electron chi connectivity index (χ1n) is 8.90. The van der Waals surface area contributed by atoms with Crippen molar-refractivity contribution in [3.05, 3.63) is 48.0 Å². The van der Waals surface area contributed by atoms with Gasteiger partial charge in [0.2, 0.25) is 0 Å². The summed E-state index contributed by atoms with van der Waals surface area (Å²) in [6.07, 6.45) is 6.17. The quantitative estimate of drug-likeness (QED) is 0.506. The van der Waals surface area contributed by atoms with E-state index in [0.29, 0.717) is 29.2 Å². The molecule has 0 saturated carbocycles. The summed E-state index contributed by atoms with van der Waals surface area (Å²) in [5.74, 6) is -0.402. The maximum Gasteiger partial charge on any atom is 0.255 e. The number of carbonyl (C=O) groups is 1. The Bertz CT molecular complexity index is 1290. The number of amides is 1. The van der Waals surface area contributed by atoms with E-state index in [1.807, 2.05) is 0 Å². The Morgan fingerprint density at radius 1 is 1.43 bits per heavy atom. The van der Waals surface area contributed by atoms with E-state index in [1.54, 1.807) is 43.0 Å². The molecule has 4 aromatic heterocycles. The van der Waals surface area contributed by atoms with Crippen LogP contribution in [0.5, 0.6) is 0 Å². The van der Waals surface area contributed by atoms with Gasteiger partial charge in [-0.05, 0) is 19.1 Å². The third kappa shape index (κ3) is 3.47. The number of nitrogens with zero attached hydrogens (tertiary/aromatic N) is 6.